The highest BCUT2D eigenvalue weighted by Gasteiger charge is 2.40. The molecule has 0 saturated heterocycles. The van der Waals surface area contributed by atoms with Gasteiger partial charge in [0.2, 0.25) is 0 Å². The number of aliphatic imine (C=N–C) groups is 1. The summed E-state index contributed by atoms with van der Waals surface area (Å²) in [6, 6.07) is 8.83. The second-order valence-electron chi connectivity index (χ2n) is 8.28. The number of aromatic nitrogens is 2. The first-order valence-corrected chi connectivity index (χ1v) is 10.3. The van der Waals surface area contributed by atoms with Crippen molar-refractivity contribution in [2.45, 2.75) is 58.0 Å². The van der Waals surface area contributed by atoms with E-state index in [1.165, 1.54) is 11.1 Å². The van der Waals surface area contributed by atoms with Crippen LogP contribution in [0.5, 0.6) is 0 Å². The van der Waals surface area contributed by atoms with Crippen molar-refractivity contribution in [3.63, 3.8) is 0 Å². The van der Waals surface area contributed by atoms with Gasteiger partial charge in [-0.05, 0) is 68.7 Å². The van der Waals surface area contributed by atoms with Crippen molar-refractivity contribution < 1.29 is 4.79 Å². The number of hydrogen-bond acceptors (Lipinski definition) is 3. The molecule has 0 N–H and O–H groups in total. The van der Waals surface area contributed by atoms with Crippen molar-refractivity contribution in [2.24, 2.45) is 4.99 Å². The highest BCUT2D eigenvalue weighted by molar-refractivity contribution is 5.96. The van der Waals surface area contributed by atoms with E-state index in [1.54, 1.807) is 6.20 Å². The van der Waals surface area contributed by atoms with Gasteiger partial charge in [0, 0.05) is 18.3 Å². The molecule has 28 heavy (non-hydrogen) atoms. The van der Waals surface area contributed by atoms with Gasteiger partial charge in [-0.1, -0.05) is 18.2 Å². The average Bonchev–Trinajstić information content (AvgIpc) is 3.28. The van der Waals surface area contributed by atoms with Crippen molar-refractivity contribution in [1.82, 2.24) is 14.7 Å². The number of nitrogens with zero attached hydrogens (tertiary/aromatic N) is 4. The minimum Gasteiger partial charge on any atom is -0.332 e. The Morgan fingerprint density at radius 3 is 2.75 bits per heavy atom. The zero-order valence-electron chi connectivity index (χ0n) is 16.6. The third-order valence-electron chi connectivity index (χ3n) is 6.37. The maximum atomic E-state index is 13.6. The van der Waals surface area contributed by atoms with Crippen LogP contribution in [0.15, 0.2) is 46.6 Å². The van der Waals surface area contributed by atoms with Gasteiger partial charge in [-0.15, -0.1) is 0 Å². The smallest absolute Gasteiger partial charge is 0.257 e. The largest absolute Gasteiger partial charge is 0.332 e. The predicted octanol–water partition coefficient (Wildman–Crippen LogP) is 4.03. The zero-order valence-corrected chi connectivity index (χ0v) is 16.6. The summed E-state index contributed by atoms with van der Waals surface area (Å²) < 4.78 is 1.90. The standard InChI is InChI=1S/C23H26N4O/c1-15-5-3-4-6-22(15)27-16(2)21(14-25-27)23(28)26(19-9-10-19)20-8-7-17-12-24-13-18(17)11-20/h3-6,13-14,19-20H,7-12H2,1-2H3. The highest BCUT2D eigenvalue weighted by Crippen LogP contribution is 2.37. The van der Waals surface area contributed by atoms with E-state index in [0.29, 0.717) is 6.04 Å². The van der Waals surface area contributed by atoms with Gasteiger partial charge >= 0.3 is 0 Å². The minimum atomic E-state index is 0.142. The second-order valence-corrected chi connectivity index (χ2v) is 8.28. The van der Waals surface area contributed by atoms with E-state index in [-0.39, 0.29) is 11.9 Å². The van der Waals surface area contributed by atoms with Gasteiger partial charge in [0.05, 0.1) is 29.7 Å². The Morgan fingerprint density at radius 1 is 1.14 bits per heavy atom. The first-order valence-electron chi connectivity index (χ1n) is 10.3. The van der Waals surface area contributed by atoms with E-state index in [4.69, 9.17) is 0 Å². The second kappa shape index (κ2) is 6.73. The molecule has 0 bridgehead atoms. The predicted molar refractivity (Wildman–Crippen MR) is 110 cm³/mol. The van der Waals surface area contributed by atoms with E-state index in [2.05, 4.69) is 34.0 Å². The summed E-state index contributed by atoms with van der Waals surface area (Å²) in [6.07, 6.45) is 9.09. The van der Waals surface area contributed by atoms with Crippen LogP contribution in [0.4, 0.5) is 0 Å². The summed E-state index contributed by atoms with van der Waals surface area (Å²) in [6.45, 7) is 4.94. The Hall–Kier alpha value is -2.69. The van der Waals surface area contributed by atoms with E-state index >= 15 is 0 Å². The fourth-order valence-electron chi connectivity index (χ4n) is 4.61. The molecule has 2 aliphatic carbocycles. The van der Waals surface area contributed by atoms with Crippen LogP contribution in [0.3, 0.4) is 0 Å². The lowest BCUT2D eigenvalue weighted by molar-refractivity contribution is 0.0644. The van der Waals surface area contributed by atoms with Crippen LogP contribution in [-0.2, 0) is 0 Å². The molecule has 1 amide bonds. The summed E-state index contributed by atoms with van der Waals surface area (Å²) in [7, 11) is 0. The number of amides is 1. The van der Waals surface area contributed by atoms with Crippen LogP contribution in [0.1, 0.15) is 53.7 Å². The molecule has 1 aliphatic heterocycles. The van der Waals surface area contributed by atoms with E-state index in [9.17, 15) is 4.79 Å². The van der Waals surface area contributed by atoms with E-state index in [1.807, 2.05) is 30.0 Å². The Bertz CT molecular complexity index is 996. The van der Waals surface area contributed by atoms with Gasteiger partial charge < -0.3 is 4.90 Å². The van der Waals surface area contributed by atoms with Gasteiger partial charge in [0.25, 0.3) is 5.91 Å². The number of carbonyl (C=O) groups excluding carboxylic acids is 1. The molecule has 5 heteroatoms. The number of para-hydroxylation sites is 1. The average molecular weight is 374 g/mol. The molecular weight excluding hydrogens is 348 g/mol. The normalized spacial score (nSPS) is 21.1. The quantitative estimate of drug-likeness (QED) is 0.811. The SMILES string of the molecule is Cc1ccccc1-n1ncc(C(=O)N(C2CC2)C2CCC3=C(C=NC3)C2)c1C. The van der Waals surface area contributed by atoms with Crippen molar-refractivity contribution in [3.05, 3.63) is 58.4 Å². The third-order valence-corrected chi connectivity index (χ3v) is 6.37. The molecule has 1 fully saturated rings. The van der Waals surface area contributed by atoms with Crippen LogP contribution < -0.4 is 0 Å². The van der Waals surface area contributed by atoms with Gasteiger partial charge in [0.1, 0.15) is 0 Å². The first kappa shape index (κ1) is 17.4. The number of benzene rings is 1. The lowest BCUT2D eigenvalue weighted by Gasteiger charge is -2.35. The number of carbonyl (C=O) groups is 1. The summed E-state index contributed by atoms with van der Waals surface area (Å²) in [5.74, 6) is 0.142. The van der Waals surface area contributed by atoms with Gasteiger partial charge in [0.15, 0.2) is 0 Å². The van der Waals surface area contributed by atoms with Crippen molar-refractivity contribution >= 4 is 12.1 Å². The molecule has 5 nitrogen and oxygen atoms in total. The third kappa shape index (κ3) is 2.89. The van der Waals surface area contributed by atoms with Gasteiger partial charge in [-0.25, -0.2) is 4.68 Å². The molecule has 2 aromatic rings. The van der Waals surface area contributed by atoms with Crippen molar-refractivity contribution in [3.8, 4) is 5.69 Å². The summed E-state index contributed by atoms with van der Waals surface area (Å²) in [4.78, 5) is 20.2. The zero-order chi connectivity index (χ0) is 19.3. The van der Waals surface area contributed by atoms with Crippen molar-refractivity contribution in [1.29, 1.82) is 0 Å². The maximum Gasteiger partial charge on any atom is 0.257 e. The molecule has 1 atom stereocenters. The molecule has 0 radical (unpaired) electrons. The molecule has 1 aromatic carbocycles. The summed E-state index contributed by atoms with van der Waals surface area (Å²) >= 11 is 0. The molecule has 1 aromatic heterocycles. The monoisotopic (exact) mass is 374 g/mol. The number of aryl methyl sites for hydroxylation is 1. The Morgan fingerprint density at radius 2 is 1.96 bits per heavy atom. The molecular formula is C23H26N4O. The molecule has 5 rings (SSSR count). The van der Waals surface area contributed by atoms with Gasteiger partial charge in [-0.3, -0.25) is 9.79 Å². The number of rotatable bonds is 4. The van der Waals surface area contributed by atoms with Crippen LogP contribution in [0, 0.1) is 13.8 Å². The van der Waals surface area contributed by atoms with E-state index in [0.717, 1.165) is 61.2 Å². The fourth-order valence-corrected chi connectivity index (χ4v) is 4.61. The first-order chi connectivity index (χ1) is 13.6. The minimum absolute atomic E-state index is 0.142. The summed E-state index contributed by atoms with van der Waals surface area (Å²) in [5, 5.41) is 4.57. The fraction of sp³-hybridized carbons (Fsp3) is 0.435. The lowest BCUT2D eigenvalue weighted by atomic mass is 9.88. The Labute approximate surface area is 165 Å². The van der Waals surface area contributed by atoms with Crippen LogP contribution in [-0.4, -0.2) is 45.4 Å². The topological polar surface area (TPSA) is 50.5 Å². The Kier molecular flexibility index (Phi) is 4.18. The van der Waals surface area contributed by atoms with Crippen LogP contribution >= 0.6 is 0 Å². The van der Waals surface area contributed by atoms with E-state index < -0.39 is 0 Å². The lowest BCUT2D eigenvalue weighted by Crippen LogP contribution is -2.43. The van der Waals surface area contributed by atoms with Crippen LogP contribution in [0.2, 0.25) is 0 Å². The number of hydrogen-bond donors (Lipinski definition) is 0. The molecule has 2 heterocycles. The molecule has 1 saturated carbocycles. The highest BCUT2D eigenvalue weighted by atomic mass is 16.2. The van der Waals surface area contributed by atoms with Crippen LogP contribution in [0.25, 0.3) is 5.69 Å². The Balaban J connectivity index is 1.45. The molecule has 3 aliphatic rings. The molecule has 1 unspecified atom stereocenters. The van der Waals surface area contributed by atoms with Gasteiger partial charge in [-0.2, -0.15) is 5.10 Å². The molecule has 144 valence electrons. The molecule has 0 spiro atoms. The maximum absolute atomic E-state index is 13.6. The summed E-state index contributed by atoms with van der Waals surface area (Å²) in [5.41, 5.74) is 6.67. The van der Waals surface area contributed by atoms with Crippen molar-refractivity contribution in [2.75, 3.05) is 6.54 Å².